The van der Waals surface area contributed by atoms with Crippen LogP contribution in [0.3, 0.4) is 0 Å². The lowest BCUT2D eigenvalue weighted by molar-refractivity contribution is -0.146. The van der Waals surface area contributed by atoms with Crippen LogP contribution in [0.25, 0.3) is 0 Å². The van der Waals surface area contributed by atoms with Gasteiger partial charge in [0.25, 0.3) is 0 Å². The molecule has 0 saturated carbocycles. The van der Waals surface area contributed by atoms with Gasteiger partial charge >= 0.3 is 6.03 Å². The lowest BCUT2D eigenvalue weighted by atomic mass is 10.0. The van der Waals surface area contributed by atoms with Gasteiger partial charge in [0.1, 0.15) is 11.7 Å². The Morgan fingerprint density at radius 3 is 2.50 bits per heavy atom. The molecule has 128 valence electrons. The number of carbonyl (C=O) groups excluding carboxylic acids is 3. The van der Waals surface area contributed by atoms with E-state index in [0.29, 0.717) is 31.9 Å². The third-order valence-electron chi connectivity index (χ3n) is 4.47. The number of hydrogen-bond acceptors (Lipinski definition) is 4. The van der Waals surface area contributed by atoms with Crippen LogP contribution in [0.2, 0.25) is 0 Å². The summed E-state index contributed by atoms with van der Waals surface area (Å²) < 4.78 is 13.8. The number of amides is 4. The van der Waals surface area contributed by atoms with Gasteiger partial charge in [-0.2, -0.15) is 0 Å². The predicted octanol–water partition coefficient (Wildman–Crippen LogP) is 0.272. The molecule has 2 saturated heterocycles. The molecule has 2 aliphatic rings. The molecule has 8 heteroatoms. The number of halogens is 1. The molecule has 2 fully saturated rings. The SMILES string of the molecule is CN1C(=O)NCC(C(=O)N2CCN(c3ccccc3F)CC2)C1=O. The first kappa shape index (κ1) is 16.2. The van der Waals surface area contributed by atoms with Crippen molar-refractivity contribution in [3.63, 3.8) is 0 Å². The number of nitrogens with one attached hydrogen (secondary N) is 1. The fourth-order valence-corrected chi connectivity index (χ4v) is 3.02. The highest BCUT2D eigenvalue weighted by molar-refractivity contribution is 6.08. The standard InChI is InChI=1S/C16H19FN4O3/c1-19-14(22)11(10-18-16(19)24)15(23)21-8-6-20(7-9-21)13-5-3-2-4-12(13)17/h2-5,11H,6-10H2,1H3,(H,18,24). The molecule has 2 aliphatic heterocycles. The van der Waals surface area contributed by atoms with E-state index in [-0.39, 0.29) is 18.3 Å². The molecule has 0 aromatic heterocycles. The summed E-state index contributed by atoms with van der Waals surface area (Å²) in [6.45, 7) is 1.84. The maximum absolute atomic E-state index is 13.8. The van der Waals surface area contributed by atoms with Gasteiger partial charge in [0, 0.05) is 39.8 Å². The summed E-state index contributed by atoms with van der Waals surface area (Å²) in [5.41, 5.74) is 0.519. The molecule has 0 aliphatic carbocycles. The van der Waals surface area contributed by atoms with Crippen LogP contribution in [0.5, 0.6) is 0 Å². The molecule has 24 heavy (non-hydrogen) atoms. The Labute approximate surface area is 139 Å². The molecular formula is C16H19FN4O3. The minimum atomic E-state index is -0.882. The third-order valence-corrected chi connectivity index (χ3v) is 4.47. The summed E-state index contributed by atoms with van der Waals surface area (Å²) in [4.78, 5) is 40.5. The number of urea groups is 1. The van der Waals surface area contributed by atoms with E-state index in [0.717, 1.165) is 4.90 Å². The predicted molar refractivity (Wildman–Crippen MR) is 84.9 cm³/mol. The van der Waals surface area contributed by atoms with E-state index in [1.807, 2.05) is 4.90 Å². The number of piperazine rings is 1. The van der Waals surface area contributed by atoms with Gasteiger partial charge in [0.2, 0.25) is 11.8 Å². The summed E-state index contributed by atoms with van der Waals surface area (Å²) in [5.74, 6) is -1.95. The lowest BCUT2D eigenvalue weighted by Gasteiger charge is -2.38. The maximum Gasteiger partial charge on any atom is 0.323 e. The van der Waals surface area contributed by atoms with Crippen LogP contribution in [-0.4, -0.2) is 67.4 Å². The average molecular weight is 334 g/mol. The smallest absolute Gasteiger partial charge is 0.323 e. The molecule has 2 heterocycles. The number of carbonyl (C=O) groups is 3. The van der Waals surface area contributed by atoms with Gasteiger partial charge in [0.15, 0.2) is 0 Å². The molecule has 1 N–H and O–H groups in total. The van der Waals surface area contributed by atoms with E-state index in [9.17, 15) is 18.8 Å². The average Bonchev–Trinajstić information content (AvgIpc) is 2.60. The normalized spacial score (nSPS) is 21.8. The molecule has 0 spiro atoms. The van der Waals surface area contributed by atoms with Crippen molar-refractivity contribution < 1.29 is 18.8 Å². The van der Waals surface area contributed by atoms with Crippen LogP contribution in [0.4, 0.5) is 14.9 Å². The highest BCUT2D eigenvalue weighted by Gasteiger charge is 2.39. The minimum absolute atomic E-state index is 0.0222. The molecule has 0 bridgehead atoms. The van der Waals surface area contributed by atoms with E-state index < -0.39 is 17.9 Å². The van der Waals surface area contributed by atoms with Gasteiger partial charge < -0.3 is 15.1 Å². The van der Waals surface area contributed by atoms with Crippen molar-refractivity contribution in [2.75, 3.05) is 44.7 Å². The van der Waals surface area contributed by atoms with Crippen LogP contribution >= 0.6 is 0 Å². The summed E-state index contributed by atoms with van der Waals surface area (Å²) in [5, 5.41) is 2.53. The Morgan fingerprint density at radius 1 is 1.17 bits per heavy atom. The van der Waals surface area contributed by atoms with Gasteiger partial charge in [-0.05, 0) is 12.1 Å². The van der Waals surface area contributed by atoms with Crippen LogP contribution in [0.1, 0.15) is 0 Å². The molecular weight excluding hydrogens is 315 g/mol. The van der Waals surface area contributed by atoms with Crippen molar-refractivity contribution in [1.29, 1.82) is 0 Å². The van der Waals surface area contributed by atoms with Crippen molar-refractivity contribution in [2.45, 2.75) is 0 Å². The quantitative estimate of drug-likeness (QED) is 0.788. The number of anilines is 1. The molecule has 1 unspecified atom stereocenters. The molecule has 1 aromatic rings. The second-order valence-corrected chi connectivity index (χ2v) is 5.90. The zero-order valence-corrected chi connectivity index (χ0v) is 13.4. The molecule has 0 radical (unpaired) electrons. The Balaban J connectivity index is 1.62. The van der Waals surface area contributed by atoms with Gasteiger partial charge in [0.05, 0.1) is 5.69 Å². The highest BCUT2D eigenvalue weighted by Crippen LogP contribution is 2.21. The zero-order valence-electron chi connectivity index (χ0n) is 13.4. The van der Waals surface area contributed by atoms with E-state index in [1.165, 1.54) is 13.1 Å². The fourth-order valence-electron chi connectivity index (χ4n) is 3.02. The maximum atomic E-state index is 13.8. The Kier molecular flexibility index (Phi) is 4.37. The van der Waals surface area contributed by atoms with Gasteiger partial charge in [-0.15, -0.1) is 0 Å². The lowest BCUT2D eigenvalue weighted by Crippen LogP contribution is -2.59. The van der Waals surface area contributed by atoms with E-state index in [2.05, 4.69) is 5.32 Å². The van der Waals surface area contributed by atoms with Crippen molar-refractivity contribution >= 4 is 23.5 Å². The van der Waals surface area contributed by atoms with Crippen molar-refractivity contribution in [3.05, 3.63) is 30.1 Å². The van der Waals surface area contributed by atoms with Crippen LogP contribution in [0.15, 0.2) is 24.3 Å². The topological polar surface area (TPSA) is 73.0 Å². The van der Waals surface area contributed by atoms with E-state index in [4.69, 9.17) is 0 Å². The third kappa shape index (κ3) is 2.91. The van der Waals surface area contributed by atoms with E-state index in [1.54, 1.807) is 23.1 Å². The van der Waals surface area contributed by atoms with Crippen LogP contribution in [0, 0.1) is 11.7 Å². The first-order chi connectivity index (χ1) is 11.5. The second-order valence-electron chi connectivity index (χ2n) is 5.90. The molecule has 1 atom stereocenters. The number of benzene rings is 1. The number of hydrogen-bond donors (Lipinski definition) is 1. The summed E-state index contributed by atoms with van der Waals surface area (Å²) in [7, 11) is 1.35. The summed E-state index contributed by atoms with van der Waals surface area (Å²) in [6.07, 6.45) is 0. The van der Waals surface area contributed by atoms with Crippen molar-refractivity contribution in [2.24, 2.45) is 5.92 Å². The number of para-hydroxylation sites is 1. The number of nitrogens with zero attached hydrogens (tertiary/aromatic N) is 3. The molecule has 1 aromatic carbocycles. The Bertz CT molecular complexity index is 673. The molecule has 3 rings (SSSR count). The molecule has 4 amide bonds. The van der Waals surface area contributed by atoms with Crippen LogP contribution < -0.4 is 10.2 Å². The number of rotatable bonds is 2. The first-order valence-electron chi connectivity index (χ1n) is 7.82. The van der Waals surface area contributed by atoms with Gasteiger partial charge in [-0.3, -0.25) is 14.5 Å². The zero-order chi connectivity index (χ0) is 17.3. The van der Waals surface area contributed by atoms with Crippen molar-refractivity contribution in [1.82, 2.24) is 15.1 Å². The fraction of sp³-hybridized carbons (Fsp3) is 0.438. The Hall–Kier alpha value is -2.64. The number of imide groups is 1. The largest absolute Gasteiger partial charge is 0.366 e. The van der Waals surface area contributed by atoms with Gasteiger partial charge in [-0.25, -0.2) is 9.18 Å². The monoisotopic (exact) mass is 334 g/mol. The first-order valence-corrected chi connectivity index (χ1v) is 7.82. The molecule has 7 nitrogen and oxygen atoms in total. The highest BCUT2D eigenvalue weighted by atomic mass is 19.1. The Morgan fingerprint density at radius 2 is 1.83 bits per heavy atom. The van der Waals surface area contributed by atoms with Crippen LogP contribution in [-0.2, 0) is 9.59 Å². The van der Waals surface area contributed by atoms with E-state index >= 15 is 0 Å². The second kappa shape index (κ2) is 6.46. The minimum Gasteiger partial charge on any atom is -0.366 e. The van der Waals surface area contributed by atoms with Crippen molar-refractivity contribution in [3.8, 4) is 0 Å². The van der Waals surface area contributed by atoms with Gasteiger partial charge in [-0.1, -0.05) is 12.1 Å². The summed E-state index contributed by atoms with van der Waals surface area (Å²) in [6, 6.07) is 6.04. The summed E-state index contributed by atoms with van der Waals surface area (Å²) >= 11 is 0.